The van der Waals surface area contributed by atoms with Crippen molar-refractivity contribution >= 4 is 38.4 Å². The minimum Gasteiger partial charge on any atom is -0.461 e. The lowest BCUT2D eigenvalue weighted by molar-refractivity contribution is -0.116. The number of anilines is 1. The molecule has 0 spiro atoms. The molecule has 0 radical (unpaired) electrons. The lowest BCUT2D eigenvalue weighted by Gasteiger charge is -2.10. The van der Waals surface area contributed by atoms with Crippen LogP contribution in [0.2, 0.25) is 0 Å². The highest BCUT2D eigenvalue weighted by Gasteiger charge is 2.18. The summed E-state index contributed by atoms with van der Waals surface area (Å²) in [6.45, 7) is 0.638. The van der Waals surface area contributed by atoms with Crippen molar-refractivity contribution in [1.82, 2.24) is 4.72 Å². The molecule has 0 atom stereocenters. The Morgan fingerprint density at radius 3 is 2.76 bits per heavy atom. The Morgan fingerprint density at radius 1 is 1.10 bits per heavy atom. The fraction of sp³-hybridized carbons (Fsp3) is 0.238. The lowest BCUT2D eigenvalue weighted by Crippen LogP contribution is -2.29. The summed E-state index contributed by atoms with van der Waals surface area (Å²) in [7, 11) is -3.72. The molecule has 0 aliphatic carbocycles. The SMILES string of the molecule is O=C(CCc1cc2ccccc2o1)Nc1cccc(S(=O)(=O)NC2=NCCC2)c1. The average Bonchev–Trinajstić information content (AvgIpc) is 3.35. The Morgan fingerprint density at radius 2 is 1.97 bits per heavy atom. The first-order valence-corrected chi connectivity index (χ1v) is 10.9. The van der Waals surface area contributed by atoms with Crippen LogP contribution in [0.25, 0.3) is 11.0 Å². The number of rotatable bonds is 6. The van der Waals surface area contributed by atoms with Crippen LogP contribution in [0.1, 0.15) is 25.0 Å². The number of aliphatic imine (C=N–C) groups is 1. The van der Waals surface area contributed by atoms with Gasteiger partial charge in [0.2, 0.25) is 5.91 Å². The number of hydrogen-bond acceptors (Lipinski definition) is 5. The summed E-state index contributed by atoms with van der Waals surface area (Å²) in [5.41, 5.74) is 1.22. The molecular weight excluding hydrogens is 390 g/mol. The second kappa shape index (κ2) is 8.08. The zero-order valence-corrected chi connectivity index (χ0v) is 16.5. The Balaban J connectivity index is 1.38. The number of carbonyl (C=O) groups is 1. The fourth-order valence-corrected chi connectivity index (χ4v) is 4.33. The van der Waals surface area contributed by atoms with E-state index in [9.17, 15) is 13.2 Å². The molecule has 8 heteroatoms. The molecule has 29 heavy (non-hydrogen) atoms. The molecule has 0 fully saturated rings. The first-order valence-electron chi connectivity index (χ1n) is 9.43. The second-order valence-electron chi connectivity index (χ2n) is 6.86. The van der Waals surface area contributed by atoms with Crippen LogP contribution in [0.3, 0.4) is 0 Å². The molecule has 7 nitrogen and oxygen atoms in total. The highest BCUT2D eigenvalue weighted by Crippen LogP contribution is 2.20. The van der Waals surface area contributed by atoms with Crippen LogP contribution >= 0.6 is 0 Å². The van der Waals surface area contributed by atoms with Crippen LogP contribution in [0.5, 0.6) is 0 Å². The smallest absolute Gasteiger partial charge is 0.262 e. The molecule has 2 heterocycles. The van der Waals surface area contributed by atoms with Crippen molar-refractivity contribution in [1.29, 1.82) is 0 Å². The summed E-state index contributed by atoms with van der Waals surface area (Å²) >= 11 is 0. The zero-order valence-electron chi connectivity index (χ0n) is 15.7. The number of nitrogens with one attached hydrogen (secondary N) is 2. The molecule has 0 unspecified atom stereocenters. The summed E-state index contributed by atoms with van der Waals surface area (Å²) in [6.07, 6.45) is 2.16. The van der Waals surface area contributed by atoms with Gasteiger partial charge in [-0.25, -0.2) is 8.42 Å². The summed E-state index contributed by atoms with van der Waals surface area (Å²) in [5.74, 6) is 0.998. The number of carbonyl (C=O) groups excluding carboxylic acids is 1. The van der Waals surface area contributed by atoms with E-state index < -0.39 is 10.0 Å². The van der Waals surface area contributed by atoms with E-state index in [4.69, 9.17) is 4.42 Å². The number of sulfonamides is 1. The predicted molar refractivity (Wildman–Crippen MR) is 111 cm³/mol. The van der Waals surface area contributed by atoms with Crippen molar-refractivity contribution in [2.45, 2.75) is 30.6 Å². The quantitative estimate of drug-likeness (QED) is 0.648. The van der Waals surface area contributed by atoms with Crippen molar-refractivity contribution < 1.29 is 17.6 Å². The van der Waals surface area contributed by atoms with Gasteiger partial charge in [0, 0.05) is 36.9 Å². The van der Waals surface area contributed by atoms with Crippen LogP contribution < -0.4 is 10.0 Å². The first-order chi connectivity index (χ1) is 14.0. The number of furan rings is 1. The van der Waals surface area contributed by atoms with E-state index in [0.29, 0.717) is 30.9 Å². The normalized spacial score (nSPS) is 14.0. The van der Waals surface area contributed by atoms with Gasteiger partial charge in [-0.2, -0.15) is 0 Å². The number of amides is 1. The summed E-state index contributed by atoms with van der Waals surface area (Å²) in [4.78, 5) is 16.5. The maximum absolute atomic E-state index is 12.5. The molecule has 1 aromatic heterocycles. The Hall–Kier alpha value is -3.13. The lowest BCUT2D eigenvalue weighted by atomic mass is 10.2. The van der Waals surface area contributed by atoms with Crippen molar-refractivity contribution in [3.05, 3.63) is 60.4 Å². The van der Waals surface area contributed by atoms with Crippen LogP contribution in [-0.2, 0) is 21.2 Å². The van der Waals surface area contributed by atoms with E-state index in [1.165, 1.54) is 12.1 Å². The topological polar surface area (TPSA) is 101 Å². The molecule has 1 amide bonds. The van der Waals surface area contributed by atoms with Crippen LogP contribution in [0.4, 0.5) is 5.69 Å². The summed E-state index contributed by atoms with van der Waals surface area (Å²) in [6, 6.07) is 15.8. The summed E-state index contributed by atoms with van der Waals surface area (Å²) < 4.78 is 33.2. The van der Waals surface area contributed by atoms with Crippen molar-refractivity contribution in [3.63, 3.8) is 0 Å². The third-order valence-corrected chi connectivity index (χ3v) is 6.01. The van der Waals surface area contributed by atoms with Gasteiger partial charge in [0.05, 0.1) is 4.90 Å². The predicted octanol–water partition coefficient (Wildman–Crippen LogP) is 3.47. The molecule has 3 aromatic rings. The third kappa shape index (κ3) is 4.65. The van der Waals surface area contributed by atoms with Gasteiger partial charge in [-0.3, -0.25) is 14.5 Å². The van der Waals surface area contributed by atoms with Crippen molar-refractivity contribution in [2.75, 3.05) is 11.9 Å². The highest BCUT2D eigenvalue weighted by atomic mass is 32.2. The van der Waals surface area contributed by atoms with Gasteiger partial charge in [-0.15, -0.1) is 0 Å². The molecule has 2 N–H and O–H groups in total. The third-order valence-electron chi connectivity index (χ3n) is 4.63. The zero-order chi connectivity index (χ0) is 20.3. The van der Waals surface area contributed by atoms with Crippen LogP contribution in [0.15, 0.2) is 68.9 Å². The highest BCUT2D eigenvalue weighted by molar-refractivity contribution is 7.90. The van der Waals surface area contributed by atoms with Gasteiger partial charge in [0.15, 0.2) is 0 Å². The molecule has 4 rings (SSSR count). The maximum Gasteiger partial charge on any atom is 0.262 e. The number of nitrogens with zero attached hydrogens (tertiary/aromatic N) is 1. The van der Waals surface area contributed by atoms with E-state index >= 15 is 0 Å². The minimum absolute atomic E-state index is 0.0854. The van der Waals surface area contributed by atoms with E-state index in [1.54, 1.807) is 12.1 Å². The van der Waals surface area contributed by atoms with Crippen LogP contribution in [0, 0.1) is 0 Å². The molecule has 1 aliphatic rings. The van der Waals surface area contributed by atoms with Gasteiger partial charge in [-0.1, -0.05) is 24.3 Å². The largest absolute Gasteiger partial charge is 0.461 e. The van der Waals surface area contributed by atoms with E-state index in [-0.39, 0.29) is 17.2 Å². The molecule has 150 valence electrons. The van der Waals surface area contributed by atoms with Gasteiger partial charge >= 0.3 is 0 Å². The minimum atomic E-state index is -3.72. The number of hydrogen-bond donors (Lipinski definition) is 2. The van der Waals surface area contributed by atoms with Gasteiger partial charge in [0.25, 0.3) is 10.0 Å². The first kappa shape index (κ1) is 19.2. The van der Waals surface area contributed by atoms with Crippen molar-refractivity contribution in [2.24, 2.45) is 4.99 Å². The van der Waals surface area contributed by atoms with Gasteiger partial charge < -0.3 is 9.73 Å². The molecule has 2 aromatic carbocycles. The van der Waals surface area contributed by atoms with E-state index in [1.807, 2.05) is 30.3 Å². The Labute approximate surface area is 168 Å². The number of fused-ring (bicyclic) bond motifs is 1. The monoisotopic (exact) mass is 411 g/mol. The number of para-hydroxylation sites is 1. The molecule has 0 saturated carbocycles. The van der Waals surface area contributed by atoms with E-state index in [0.717, 1.165) is 23.2 Å². The summed E-state index contributed by atoms with van der Waals surface area (Å²) in [5, 5.41) is 3.75. The van der Waals surface area contributed by atoms with Gasteiger partial charge in [-0.05, 0) is 36.8 Å². The van der Waals surface area contributed by atoms with E-state index in [2.05, 4.69) is 15.0 Å². The fourth-order valence-electron chi connectivity index (χ4n) is 3.20. The second-order valence-corrected chi connectivity index (χ2v) is 8.55. The van der Waals surface area contributed by atoms with Crippen molar-refractivity contribution in [3.8, 4) is 0 Å². The Bertz CT molecular complexity index is 1150. The molecular formula is C21H21N3O4S. The number of amidine groups is 1. The number of aryl methyl sites for hydroxylation is 1. The number of benzene rings is 2. The maximum atomic E-state index is 12.5. The molecule has 0 saturated heterocycles. The average molecular weight is 411 g/mol. The molecule has 1 aliphatic heterocycles. The van der Waals surface area contributed by atoms with Crippen LogP contribution in [-0.4, -0.2) is 26.7 Å². The molecule has 0 bridgehead atoms. The standard InChI is InChI=1S/C21H21N3O4S/c25-21(11-10-17-13-15-5-1-2-8-19(15)28-17)23-16-6-3-7-18(14-16)29(26,27)24-20-9-4-12-22-20/h1-3,5-8,13-14H,4,9-12H2,(H,22,24)(H,23,25). The Kier molecular flexibility index (Phi) is 5.35. The van der Waals surface area contributed by atoms with Gasteiger partial charge in [0.1, 0.15) is 17.2 Å².